The van der Waals surface area contributed by atoms with Gasteiger partial charge in [-0.1, -0.05) is 95.1 Å². The topological polar surface area (TPSA) is 81.1 Å². The van der Waals surface area contributed by atoms with Gasteiger partial charge in [0.1, 0.15) is 18.4 Å². The van der Waals surface area contributed by atoms with Crippen LogP contribution in [0.15, 0.2) is 101 Å². The van der Waals surface area contributed by atoms with Crippen LogP contribution in [0, 0.1) is 13.8 Å². The Labute approximate surface area is 286 Å². The molecule has 1 atom stereocenters. The molecule has 0 aliphatic carbocycles. The molecule has 2 heterocycles. The Morgan fingerprint density at radius 3 is 2.54 bits per heavy atom. The van der Waals surface area contributed by atoms with Crippen molar-refractivity contribution in [3.63, 3.8) is 0 Å². The molecule has 0 radical (unpaired) electrons. The molecule has 1 unspecified atom stereocenters. The number of hydrogen-bond acceptors (Lipinski definition) is 6. The highest BCUT2D eigenvalue weighted by Gasteiger charge is 2.35. The minimum atomic E-state index is -0.591. The Balaban J connectivity index is 1.34. The minimum Gasteiger partial charge on any atom is -0.489 e. The number of carbonyl (C=O) groups is 1. The standard InChI is InChI=1S/C35H30Cl3N5O2S/c1-20-8-6-13-30(21(20)2)40-33(44)31-22(3)39-34-41-35(46-19-25-9-4-5-12-28(25)37)42-43(34)32(31)23-10-7-11-27(16-23)45-18-24-14-15-26(36)17-29(24)38/h4-17,32H,18-19H2,1-3H3,(H,40,44)(H,39,41,42). The van der Waals surface area contributed by atoms with E-state index in [0.29, 0.717) is 48.9 Å². The van der Waals surface area contributed by atoms with Crippen LogP contribution >= 0.6 is 46.6 Å². The van der Waals surface area contributed by atoms with Crippen LogP contribution in [0.4, 0.5) is 11.6 Å². The van der Waals surface area contributed by atoms with Gasteiger partial charge in [0.15, 0.2) is 0 Å². The van der Waals surface area contributed by atoms with E-state index in [1.54, 1.807) is 16.8 Å². The zero-order valence-corrected chi connectivity index (χ0v) is 28.4. The van der Waals surface area contributed by atoms with Crippen LogP contribution in [0.2, 0.25) is 15.1 Å². The molecule has 234 valence electrons. The average molecular weight is 691 g/mol. The number of carbonyl (C=O) groups excluding carboxylic acids is 1. The van der Waals surface area contributed by atoms with E-state index >= 15 is 0 Å². The predicted molar refractivity (Wildman–Crippen MR) is 187 cm³/mol. The summed E-state index contributed by atoms with van der Waals surface area (Å²) < 4.78 is 7.92. The van der Waals surface area contributed by atoms with Crippen LogP contribution in [0.5, 0.6) is 5.75 Å². The van der Waals surface area contributed by atoms with Crippen LogP contribution in [-0.2, 0) is 17.2 Å². The van der Waals surface area contributed by atoms with E-state index in [-0.39, 0.29) is 12.5 Å². The van der Waals surface area contributed by atoms with E-state index in [4.69, 9.17) is 49.6 Å². The number of allylic oxidation sites excluding steroid dienone is 1. The lowest BCUT2D eigenvalue weighted by molar-refractivity contribution is -0.113. The summed E-state index contributed by atoms with van der Waals surface area (Å²) in [6, 6.07) is 25.9. The molecule has 11 heteroatoms. The summed E-state index contributed by atoms with van der Waals surface area (Å²) in [4.78, 5) is 18.9. The second kappa shape index (κ2) is 13.8. The Bertz CT molecular complexity index is 1980. The van der Waals surface area contributed by atoms with Crippen LogP contribution in [0.3, 0.4) is 0 Å². The summed E-state index contributed by atoms with van der Waals surface area (Å²) in [5.41, 5.74) is 6.63. The molecule has 5 aromatic rings. The van der Waals surface area contributed by atoms with Crippen molar-refractivity contribution in [1.82, 2.24) is 14.8 Å². The summed E-state index contributed by atoms with van der Waals surface area (Å²) in [6.45, 7) is 6.14. The number of rotatable bonds is 9. The second-order valence-corrected chi connectivity index (χ2v) is 13.1. The minimum absolute atomic E-state index is 0.241. The normalized spacial score (nSPS) is 14.1. The third-order valence-corrected chi connectivity index (χ3v) is 9.67. The lowest BCUT2D eigenvalue weighted by atomic mass is 9.94. The molecule has 1 amide bonds. The van der Waals surface area contributed by atoms with Gasteiger partial charge in [-0.15, -0.1) is 5.10 Å². The fraction of sp³-hybridized carbons (Fsp3) is 0.171. The van der Waals surface area contributed by atoms with Gasteiger partial charge >= 0.3 is 0 Å². The smallest absolute Gasteiger partial charge is 0.255 e. The Morgan fingerprint density at radius 2 is 1.74 bits per heavy atom. The summed E-state index contributed by atoms with van der Waals surface area (Å²) in [5.74, 6) is 1.50. The predicted octanol–water partition coefficient (Wildman–Crippen LogP) is 9.65. The van der Waals surface area contributed by atoms with Crippen molar-refractivity contribution in [2.75, 3.05) is 10.6 Å². The Kier molecular flexibility index (Phi) is 9.61. The van der Waals surface area contributed by atoms with Crippen LogP contribution < -0.4 is 15.4 Å². The number of thioether (sulfide) groups is 1. The number of aryl methyl sites for hydroxylation is 1. The number of halogens is 3. The second-order valence-electron chi connectivity index (χ2n) is 10.9. The highest BCUT2D eigenvalue weighted by atomic mass is 35.5. The summed E-state index contributed by atoms with van der Waals surface area (Å²) in [5, 5.41) is 13.7. The fourth-order valence-electron chi connectivity index (χ4n) is 5.20. The van der Waals surface area contributed by atoms with Gasteiger partial charge in [0.05, 0.1) is 5.57 Å². The van der Waals surface area contributed by atoms with Crippen LogP contribution in [0.25, 0.3) is 0 Å². The molecule has 0 saturated heterocycles. The number of benzene rings is 4. The molecule has 1 aliphatic heterocycles. The van der Waals surface area contributed by atoms with Gasteiger partial charge in [-0.25, -0.2) is 4.68 Å². The number of nitrogens with one attached hydrogen (secondary N) is 2. The summed E-state index contributed by atoms with van der Waals surface area (Å²) >= 11 is 20.3. The highest BCUT2D eigenvalue weighted by Crippen LogP contribution is 2.39. The molecule has 4 aromatic carbocycles. The first-order valence-electron chi connectivity index (χ1n) is 14.5. The molecule has 0 fully saturated rings. The molecule has 1 aliphatic rings. The van der Waals surface area contributed by atoms with E-state index in [1.165, 1.54) is 11.8 Å². The third kappa shape index (κ3) is 6.90. The van der Waals surface area contributed by atoms with Crippen molar-refractivity contribution in [1.29, 1.82) is 0 Å². The van der Waals surface area contributed by atoms with E-state index in [2.05, 4.69) is 10.6 Å². The monoisotopic (exact) mass is 689 g/mol. The van der Waals surface area contributed by atoms with Gasteiger partial charge in [-0.2, -0.15) is 4.98 Å². The van der Waals surface area contributed by atoms with Crippen LogP contribution in [-0.4, -0.2) is 20.7 Å². The lowest BCUT2D eigenvalue weighted by Crippen LogP contribution is -2.31. The van der Waals surface area contributed by atoms with Crippen LogP contribution in [0.1, 0.15) is 40.8 Å². The van der Waals surface area contributed by atoms with Gasteiger partial charge in [-0.05, 0) is 79.4 Å². The van der Waals surface area contributed by atoms with Crippen molar-refractivity contribution in [3.05, 3.63) is 139 Å². The van der Waals surface area contributed by atoms with E-state index < -0.39 is 6.04 Å². The molecule has 0 spiro atoms. The maximum Gasteiger partial charge on any atom is 0.255 e. The number of anilines is 2. The van der Waals surface area contributed by atoms with Gasteiger partial charge in [0, 0.05) is 37.8 Å². The molecule has 46 heavy (non-hydrogen) atoms. The molecule has 0 saturated carbocycles. The number of amides is 1. The number of hydrogen-bond donors (Lipinski definition) is 2. The van der Waals surface area contributed by atoms with Crippen molar-refractivity contribution >= 4 is 64.1 Å². The van der Waals surface area contributed by atoms with E-state index in [0.717, 1.165) is 33.5 Å². The van der Waals surface area contributed by atoms with Gasteiger partial charge in [-0.3, -0.25) is 4.79 Å². The molecular formula is C35H30Cl3N5O2S. The molecule has 7 nitrogen and oxygen atoms in total. The number of ether oxygens (including phenoxy) is 1. The zero-order chi connectivity index (χ0) is 32.4. The summed E-state index contributed by atoms with van der Waals surface area (Å²) in [7, 11) is 0. The van der Waals surface area contributed by atoms with Gasteiger partial charge < -0.3 is 15.4 Å². The Hall–Kier alpha value is -3.95. The maximum absolute atomic E-state index is 14.1. The van der Waals surface area contributed by atoms with Crippen molar-refractivity contribution in [3.8, 4) is 5.75 Å². The highest BCUT2D eigenvalue weighted by molar-refractivity contribution is 7.98. The molecule has 2 N–H and O–H groups in total. The van der Waals surface area contributed by atoms with Crippen molar-refractivity contribution in [2.24, 2.45) is 0 Å². The number of aromatic nitrogens is 3. The average Bonchev–Trinajstić information content (AvgIpc) is 3.44. The first-order valence-corrected chi connectivity index (χ1v) is 16.6. The number of nitrogens with zero attached hydrogens (tertiary/aromatic N) is 3. The molecular weight excluding hydrogens is 661 g/mol. The zero-order valence-electron chi connectivity index (χ0n) is 25.3. The first-order chi connectivity index (χ1) is 22.2. The third-order valence-electron chi connectivity index (χ3n) is 7.83. The quantitative estimate of drug-likeness (QED) is 0.150. The largest absolute Gasteiger partial charge is 0.489 e. The van der Waals surface area contributed by atoms with E-state index in [9.17, 15) is 4.79 Å². The first kappa shape index (κ1) is 32.0. The van der Waals surface area contributed by atoms with Crippen molar-refractivity contribution < 1.29 is 9.53 Å². The molecule has 0 bridgehead atoms. The SMILES string of the molecule is CC1=C(C(=O)Nc2cccc(C)c2C)C(c2cccc(OCc3ccc(Cl)cc3Cl)c2)n2nc(SCc3ccccc3Cl)nc2N1. The van der Waals surface area contributed by atoms with Gasteiger partial charge in [0.25, 0.3) is 5.91 Å². The Morgan fingerprint density at radius 1 is 0.935 bits per heavy atom. The van der Waals surface area contributed by atoms with Crippen molar-refractivity contribution in [2.45, 2.75) is 44.3 Å². The number of fused-ring (bicyclic) bond motifs is 1. The lowest BCUT2D eigenvalue weighted by Gasteiger charge is -2.29. The fourth-order valence-corrected chi connectivity index (χ4v) is 6.78. The van der Waals surface area contributed by atoms with E-state index in [1.807, 2.05) is 93.6 Å². The molecule has 1 aromatic heterocycles. The summed E-state index contributed by atoms with van der Waals surface area (Å²) in [6.07, 6.45) is 0. The maximum atomic E-state index is 14.1. The van der Waals surface area contributed by atoms with Gasteiger partial charge in [0.2, 0.25) is 11.1 Å². The molecule has 6 rings (SSSR count).